The Bertz CT molecular complexity index is 794. The topological polar surface area (TPSA) is 116 Å². The van der Waals surface area contributed by atoms with E-state index in [0.717, 1.165) is 47.3 Å². The fourth-order valence-corrected chi connectivity index (χ4v) is 12.0. The molecule has 0 spiro atoms. The number of rotatable bonds is 0. The lowest BCUT2D eigenvalue weighted by molar-refractivity contribution is 0.102. The van der Waals surface area contributed by atoms with E-state index in [1.165, 1.54) is 103 Å². The summed E-state index contributed by atoms with van der Waals surface area (Å²) < 4.78 is 0. The minimum Gasteiger partial charge on any atom is -0.391 e. The highest BCUT2D eigenvalue weighted by Crippen LogP contribution is 2.45. The molecule has 9 N–H and O–H groups in total. The van der Waals surface area contributed by atoms with Crippen molar-refractivity contribution in [3.05, 3.63) is 0 Å². The molecule has 5 heterocycles. The van der Waals surface area contributed by atoms with Gasteiger partial charge >= 0.3 is 0 Å². The van der Waals surface area contributed by atoms with Crippen LogP contribution in [0.3, 0.4) is 0 Å². The van der Waals surface area contributed by atoms with Gasteiger partial charge in [-0.2, -0.15) is 0 Å². The van der Waals surface area contributed by atoms with Crippen molar-refractivity contribution in [3.63, 3.8) is 0 Å². The summed E-state index contributed by atoms with van der Waals surface area (Å²) in [5, 5.41) is 42.3. The predicted octanol–water partition coefficient (Wildman–Crippen LogP) is 3.38. The van der Waals surface area contributed by atoms with E-state index in [0.29, 0.717) is 49.3 Å². The van der Waals surface area contributed by atoms with Gasteiger partial charge in [0, 0.05) is 0 Å². The van der Waals surface area contributed by atoms with E-state index in [1.807, 2.05) is 0 Å². The average molecular weight is 627 g/mol. The molecule has 0 aromatic rings. The summed E-state index contributed by atoms with van der Waals surface area (Å²) >= 11 is 0. The second-order valence-corrected chi connectivity index (χ2v) is 17.8. The SMILES string of the molecule is C1CCC2C3NC(NC4NC(NC5NC(NC6NC(N3)C3CCCCC63)C3CCCCC53)C3CCCCC43)C2C1.CC(C)(C)O. The van der Waals surface area contributed by atoms with Crippen molar-refractivity contribution in [2.24, 2.45) is 47.3 Å². The van der Waals surface area contributed by atoms with Gasteiger partial charge in [-0.3, -0.25) is 42.5 Å². The van der Waals surface area contributed by atoms with E-state index in [-0.39, 0.29) is 0 Å². The molecule has 45 heavy (non-hydrogen) atoms. The molecule has 8 atom stereocenters. The summed E-state index contributed by atoms with van der Waals surface area (Å²) in [5.41, 5.74) is -0.500. The normalized spacial score (nSPS) is 52.5. The van der Waals surface area contributed by atoms with Gasteiger partial charge in [0.1, 0.15) is 0 Å². The molecule has 4 saturated carbocycles. The van der Waals surface area contributed by atoms with E-state index in [2.05, 4.69) is 42.5 Å². The molecule has 5 aliphatic heterocycles. The first kappa shape index (κ1) is 31.9. The second kappa shape index (κ2) is 13.2. The Balaban J connectivity index is 0.000000560. The van der Waals surface area contributed by atoms with Crippen molar-refractivity contribution in [1.29, 1.82) is 0 Å². The summed E-state index contributed by atoms with van der Waals surface area (Å²) in [4.78, 5) is 0. The van der Waals surface area contributed by atoms with Crippen LogP contribution >= 0.6 is 0 Å². The van der Waals surface area contributed by atoms with Crippen molar-refractivity contribution < 1.29 is 5.11 Å². The Hall–Kier alpha value is -0.360. The zero-order valence-corrected chi connectivity index (χ0v) is 28.5. The van der Waals surface area contributed by atoms with Crippen molar-refractivity contribution >= 4 is 0 Å². The first-order valence-electron chi connectivity index (χ1n) is 19.6. The standard InChI is InChI=1S/C32H56N8.C4H10O/c1-2-10-18-17(9-1)25-33-26(18)38-28-21-13-5-6-14-22(21)30(35-28)40-32-24-16-8-7-15-23(24)31(36-32)39-29-20-12-4-3-11-19(20)27(34-29)37-25;1-4(2,3)5/h17-40H,1-16H2;5H,1-3H3. The fraction of sp³-hybridized carbons (Fsp3) is 1.00. The minimum atomic E-state index is -0.500. The summed E-state index contributed by atoms with van der Waals surface area (Å²) in [7, 11) is 0. The van der Waals surface area contributed by atoms with E-state index >= 15 is 0 Å². The van der Waals surface area contributed by atoms with Gasteiger partial charge in [0.25, 0.3) is 0 Å². The number of hydrogen-bond acceptors (Lipinski definition) is 9. The first-order chi connectivity index (χ1) is 21.8. The number of aliphatic hydroxyl groups is 1. The van der Waals surface area contributed by atoms with Gasteiger partial charge in [-0.25, -0.2) is 0 Å². The molecule has 0 radical (unpaired) electrons. The van der Waals surface area contributed by atoms with Crippen molar-refractivity contribution in [2.45, 2.75) is 178 Å². The summed E-state index contributed by atoms with van der Waals surface area (Å²) in [6, 6.07) is 0. The Morgan fingerprint density at radius 3 is 0.533 bits per heavy atom. The molecule has 0 amide bonds. The lowest BCUT2D eigenvalue weighted by Crippen LogP contribution is -2.61. The minimum absolute atomic E-state index is 0.420. The van der Waals surface area contributed by atoms with Crippen molar-refractivity contribution in [2.75, 3.05) is 0 Å². The molecule has 9 rings (SSSR count). The molecule has 9 nitrogen and oxygen atoms in total. The summed E-state index contributed by atoms with van der Waals surface area (Å²) in [6.07, 6.45) is 25.6. The third-order valence-electron chi connectivity index (χ3n) is 13.8. The molecule has 9 aliphatic rings. The molecule has 256 valence electrons. The van der Waals surface area contributed by atoms with Crippen LogP contribution in [-0.4, -0.2) is 60.0 Å². The Labute approximate surface area is 273 Å². The van der Waals surface area contributed by atoms with Crippen LogP contribution < -0.4 is 42.5 Å². The van der Waals surface area contributed by atoms with Crippen LogP contribution in [0.4, 0.5) is 0 Å². The molecule has 8 unspecified atom stereocenters. The maximum atomic E-state index is 8.52. The lowest BCUT2D eigenvalue weighted by Gasteiger charge is -2.35. The van der Waals surface area contributed by atoms with Crippen LogP contribution in [0.2, 0.25) is 0 Å². The number of fused-ring (bicyclic) bond motifs is 20. The van der Waals surface area contributed by atoms with Gasteiger partial charge in [0.05, 0.1) is 54.9 Å². The van der Waals surface area contributed by atoms with E-state index in [4.69, 9.17) is 5.11 Å². The van der Waals surface area contributed by atoms with Gasteiger partial charge in [0.15, 0.2) is 0 Å². The van der Waals surface area contributed by atoms with Gasteiger partial charge in [-0.1, -0.05) is 51.4 Å². The molecule has 5 saturated heterocycles. The van der Waals surface area contributed by atoms with Gasteiger partial charge in [-0.05, 0) is 119 Å². The zero-order chi connectivity index (χ0) is 30.7. The molecule has 8 bridgehead atoms. The Morgan fingerprint density at radius 2 is 0.422 bits per heavy atom. The smallest absolute Gasteiger partial charge is 0.0628 e. The summed E-state index contributed by atoms with van der Waals surface area (Å²) in [5.74, 6) is 5.97. The Morgan fingerprint density at radius 1 is 0.311 bits per heavy atom. The van der Waals surface area contributed by atoms with Gasteiger partial charge in [0.2, 0.25) is 0 Å². The maximum absolute atomic E-state index is 8.52. The molecular weight excluding hydrogens is 560 g/mol. The molecular formula is C36H66N8O. The van der Waals surface area contributed by atoms with Crippen molar-refractivity contribution in [1.82, 2.24) is 42.5 Å². The third-order valence-corrected chi connectivity index (χ3v) is 13.8. The van der Waals surface area contributed by atoms with Crippen LogP contribution in [0.25, 0.3) is 0 Å². The fourth-order valence-electron chi connectivity index (χ4n) is 12.0. The number of nitrogens with one attached hydrogen (secondary N) is 8. The highest BCUT2D eigenvalue weighted by Gasteiger charge is 2.54. The third kappa shape index (κ3) is 6.53. The van der Waals surface area contributed by atoms with E-state index in [9.17, 15) is 0 Å². The quantitative estimate of drug-likeness (QED) is 0.200. The monoisotopic (exact) mass is 627 g/mol. The van der Waals surface area contributed by atoms with Crippen LogP contribution in [-0.2, 0) is 0 Å². The predicted molar refractivity (Wildman–Crippen MR) is 179 cm³/mol. The van der Waals surface area contributed by atoms with Crippen molar-refractivity contribution in [3.8, 4) is 0 Å². The highest BCUT2D eigenvalue weighted by atomic mass is 16.3. The zero-order valence-electron chi connectivity index (χ0n) is 28.5. The Kier molecular flexibility index (Phi) is 9.33. The maximum Gasteiger partial charge on any atom is 0.0628 e. The van der Waals surface area contributed by atoms with E-state index < -0.39 is 5.60 Å². The highest BCUT2D eigenvalue weighted by molar-refractivity contribution is 5.08. The van der Waals surface area contributed by atoms with E-state index in [1.54, 1.807) is 20.8 Å². The lowest BCUT2D eigenvalue weighted by atomic mass is 9.76. The molecule has 0 aromatic heterocycles. The average Bonchev–Trinajstić information content (AvgIpc) is 3.76. The van der Waals surface area contributed by atoms with Crippen LogP contribution in [0.1, 0.15) is 124 Å². The molecule has 4 aliphatic carbocycles. The largest absolute Gasteiger partial charge is 0.391 e. The molecule has 9 heteroatoms. The first-order valence-corrected chi connectivity index (χ1v) is 19.6. The molecule has 0 aromatic carbocycles. The second-order valence-electron chi connectivity index (χ2n) is 17.8. The van der Waals surface area contributed by atoms with Crippen LogP contribution in [0, 0.1) is 47.3 Å². The summed E-state index contributed by atoms with van der Waals surface area (Å²) in [6.45, 7) is 5.23. The van der Waals surface area contributed by atoms with Gasteiger partial charge in [-0.15, -0.1) is 0 Å². The van der Waals surface area contributed by atoms with Gasteiger partial charge < -0.3 is 5.11 Å². The number of hydrogen-bond donors (Lipinski definition) is 9. The van der Waals surface area contributed by atoms with Crippen LogP contribution in [0.5, 0.6) is 0 Å². The molecule has 9 fully saturated rings. The van der Waals surface area contributed by atoms with Crippen LogP contribution in [0.15, 0.2) is 0 Å².